The molecule has 2 bridgehead atoms. The number of aryl methyl sites for hydroxylation is 1. The minimum Gasteiger partial charge on any atom is -0.481 e. The van der Waals surface area contributed by atoms with Gasteiger partial charge in [0.15, 0.2) is 0 Å². The van der Waals surface area contributed by atoms with Crippen LogP contribution in [-0.4, -0.2) is 28.9 Å². The van der Waals surface area contributed by atoms with E-state index in [1.54, 1.807) is 0 Å². The van der Waals surface area contributed by atoms with Crippen molar-refractivity contribution in [1.82, 2.24) is 5.32 Å². The summed E-state index contributed by atoms with van der Waals surface area (Å²) in [4.78, 5) is 39.6. The predicted molar refractivity (Wildman–Crippen MR) is 115 cm³/mol. The molecule has 30 heavy (non-hydrogen) atoms. The van der Waals surface area contributed by atoms with Gasteiger partial charge in [-0.3, -0.25) is 14.4 Å². The summed E-state index contributed by atoms with van der Waals surface area (Å²) in [6.07, 6.45) is 10.9. The number of hydrogen-bond donors (Lipinski definition) is 3. The van der Waals surface area contributed by atoms with Crippen molar-refractivity contribution in [2.45, 2.75) is 76.7 Å². The van der Waals surface area contributed by atoms with E-state index in [1.165, 1.54) is 16.2 Å². The number of nitrogens with one attached hydrogen (secondary N) is 2. The zero-order chi connectivity index (χ0) is 20.8. The molecule has 5 aliphatic rings. The maximum Gasteiger partial charge on any atom is 0.307 e. The Balaban J connectivity index is 1.40. The van der Waals surface area contributed by atoms with Gasteiger partial charge in [0.05, 0.1) is 17.4 Å². The fourth-order valence-corrected chi connectivity index (χ4v) is 7.73. The molecule has 2 amide bonds. The maximum atomic E-state index is 13.3. The molecule has 1 aromatic rings. The van der Waals surface area contributed by atoms with E-state index < -0.39 is 17.8 Å². The zero-order valence-electron chi connectivity index (χ0n) is 17.2. The minimum absolute atomic E-state index is 0.0726. The summed E-state index contributed by atoms with van der Waals surface area (Å²) in [5.41, 5.74) is 1.73. The van der Waals surface area contributed by atoms with Gasteiger partial charge in [0, 0.05) is 10.9 Å². The molecule has 4 saturated carbocycles. The lowest BCUT2D eigenvalue weighted by molar-refractivity contribution is -0.156. The normalized spacial score (nSPS) is 30.3. The first-order valence-electron chi connectivity index (χ1n) is 11.5. The summed E-state index contributed by atoms with van der Waals surface area (Å²) in [7, 11) is 0. The number of carboxylic acids is 1. The Bertz CT molecular complexity index is 865. The van der Waals surface area contributed by atoms with Crippen LogP contribution >= 0.6 is 11.3 Å². The summed E-state index contributed by atoms with van der Waals surface area (Å²) in [5, 5.41) is 16.7. The van der Waals surface area contributed by atoms with Crippen molar-refractivity contribution in [2.75, 3.05) is 5.32 Å². The van der Waals surface area contributed by atoms with Gasteiger partial charge in [-0.15, -0.1) is 11.3 Å². The topological polar surface area (TPSA) is 95.5 Å². The summed E-state index contributed by atoms with van der Waals surface area (Å²) >= 11 is 1.52. The summed E-state index contributed by atoms with van der Waals surface area (Å²) in [6, 6.07) is 0.225. The Kier molecular flexibility index (Phi) is 5.33. The highest BCUT2D eigenvalue weighted by Crippen LogP contribution is 2.50. The smallest absolute Gasteiger partial charge is 0.307 e. The van der Waals surface area contributed by atoms with Crippen LogP contribution < -0.4 is 10.6 Å². The van der Waals surface area contributed by atoms with E-state index >= 15 is 0 Å². The first-order chi connectivity index (χ1) is 14.5. The van der Waals surface area contributed by atoms with Crippen molar-refractivity contribution in [2.24, 2.45) is 23.7 Å². The number of fused-ring (bicyclic) bond motifs is 4. The van der Waals surface area contributed by atoms with E-state index in [0.717, 1.165) is 76.2 Å². The molecule has 162 valence electrons. The van der Waals surface area contributed by atoms with E-state index in [-0.39, 0.29) is 29.7 Å². The quantitative estimate of drug-likeness (QED) is 0.658. The van der Waals surface area contributed by atoms with Gasteiger partial charge in [-0.1, -0.05) is 12.8 Å². The molecular weight excluding hydrogens is 400 g/mol. The van der Waals surface area contributed by atoms with Gasteiger partial charge >= 0.3 is 5.97 Å². The van der Waals surface area contributed by atoms with Gasteiger partial charge in [-0.25, -0.2) is 0 Å². The number of carboxylic acid groups (broad SMARTS) is 1. The second-order valence-corrected chi connectivity index (χ2v) is 10.7. The number of carbonyl (C=O) groups is 3. The number of aliphatic carboxylic acids is 1. The second kappa shape index (κ2) is 7.98. The molecule has 0 spiro atoms. The molecule has 3 N–H and O–H groups in total. The number of thiophene rings is 1. The third kappa shape index (κ3) is 3.45. The first kappa shape index (κ1) is 20.0. The Hall–Kier alpha value is -1.89. The average Bonchev–Trinajstić information content (AvgIpc) is 3.45. The van der Waals surface area contributed by atoms with E-state index in [9.17, 15) is 19.5 Å². The molecule has 5 aliphatic carbocycles. The maximum absolute atomic E-state index is 13.3. The van der Waals surface area contributed by atoms with Crippen molar-refractivity contribution in [3.63, 3.8) is 0 Å². The number of rotatable bonds is 5. The third-order valence-corrected chi connectivity index (χ3v) is 9.09. The lowest BCUT2D eigenvalue weighted by Gasteiger charge is -2.45. The van der Waals surface area contributed by atoms with Crippen LogP contribution in [0.2, 0.25) is 0 Å². The molecule has 7 heteroatoms. The highest BCUT2D eigenvalue weighted by molar-refractivity contribution is 7.17. The van der Waals surface area contributed by atoms with Crippen LogP contribution in [0.15, 0.2) is 0 Å². The molecule has 4 fully saturated rings. The molecule has 1 aromatic heterocycles. The molecule has 0 aliphatic heterocycles. The summed E-state index contributed by atoms with van der Waals surface area (Å²) in [5.74, 6) is -1.97. The van der Waals surface area contributed by atoms with Crippen LogP contribution in [0.4, 0.5) is 5.00 Å². The second-order valence-electron chi connectivity index (χ2n) is 9.57. The average molecular weight is 431 g/mol. The van der Waals surface area contributed by atoms with Crippen molar-refractivity contribution in [1.29, 1.82) is 0 Å². The van der Waals surface area contributed by atoms with Gasteiger partial charge < -0.3 is 15.7 Å². The lowest BCUT2D eigenvalue weighted by atomic mass is 9.58. The third-order valence-electron chi connectivity index (χ3n) is 7.88. The minimum atomic E-state index is -0.850. The van der Waals surface area contributed by atoms with Crippen molar-refractivity contribution in [3.05, 3.63) is 16.0 Å². The Morgan fingerprint density at radius 3 is 2.20 bits per heavy atom. The van der Waals surface area contributed by atoms with Gasteiger partial charge in [0.25, 0.3) is 5.91 Å². The van der Waals surface area contributed by atoms with Crippen LogP contribution in [-0.2, 0) is 22.4 Å². The van der Waals surface area contributed by atoms with E-state index in [1.807, 2.05) is 0 Å². The molecule has 6 nitrogen and oxygen atoms in total. The Morgan fingerprint density at radius 1 is 0.867 bits per heavy atom. The fourth-order valence-electron chi connectivity index (χ4n) is 6.44. The number of anilines is 1. The summed E-state index contributed by atoms with van der Waals surface area (Å²) < 4.78 is 0. The lowest BCUT2D eigenvalue weighted by Crippen LogP contribution is -2.49. The molecule has 1 heterocycles. The SMILES string of the molecule is O=C(NC1CCCC1)c1c(NC(=O)[C@@H]2C3CCC(CC3)[C@H]2C(=O)O)sc2c1CCC2. The van der Waals surface area contributed by atoms with E-state index in [2.05, 4.69) is 10.6 Å². The van der Waals surface area contributed by atoms with Crippen LogP contribution in [0.25, 0.3) is 0 Å². The number of carbonyl (C=O) groups excluding carboxylic acids is 2. The Morgan fingerprint density at radius 2 is 1.53 bits per heavy atom. The molecular formula is C23H30N2O4S. The van der Waals surface area contributed by atoms with Crippen molar-refractivity contribution < 1.29 is 19.5 Å². The van der Waals surface area contributed by atoms with Crippen LogP contribution in [0, 0.1) is 23.7 Å². The molecule has 0 aromatic carbocycles. The van der Waals surface area contributed by atoms with Crippen LogP contribution in [0.1, 0.15) is 78.6 Å². The van der Waals surface area contributed by atoms with Crippen molar-refractivity contribution in [3.8, 4) is 0 Å². The number of hydrogen-bond acceptors (Lipinski definition) is 4. The van der Waals surface area contributed by atoms with Gasteiger partial charge in [0.2, 0.25) is 5.91 Å². The molecule has 2 atom stereocenters. The summed E-state index contributed by atoms with van der Waals surface area (Å²) in [6.45, 7) is 0. The highest BCUT2D eigenvalue weighted by atomic mass is 32.1. The van der Waals surface area contributed by atoms with E-state index in [0.29, 0.717) is 10.6 Å². The largest absolute Gasteiger partial charge is 0.481 e. The Labute approximate surface area is 180 Å². The standard InChI is InChI=1S/C23H30N2O4S/c26-20(17-12-8-10-13(11-9-12)18(17)23(28)29)25-22-19(15-6-3-7-16(15)30-22)21(27)24-14-4-1-2-5-14/h12-14,17-18H,1-11H2,(H,24,27)(H,25,26)(H,28,29)/t12?,13?,17-,18-/m1/s1. The zero-order valence-corrected chi connectivity index (χ0v) is 18.1. The highest BCUT2D eigenvalue weighted by Gasteiger charge is 2.50. The fraction of sp³-hybridized carbons (Fsp3) is 0.696. The molecule has 0 saturated heterocycles. The van der Waals surface area contributed by atoms with Gasteiger partial charge in [-0.05, 0) is 75.2 Å². The molecule has 0 unspecified atom stereocenters. The predicted octanol–water partition coefficient (Wildman–Crippen LogP) is 3.98. The van der Waals surface area contributed by atoms with Gasteiger partial charge in [-0.2, -0.15) is 0 Å². The van der Waals surface area contributed by atoms with Crippen molar-refractivity contribution >= 4 is 34.1 Å². The van der Waals surface area contributed by atoms with E-state index in [4.69, 9.17) is 0 Å². The first-order valence-corrected chi connectivity index (χ1v) is 12.3. The van der Waals surface area contributed by atoms with Crippen LogP contribution in [0.3, 0.4) is 0 Å². The monoisotopic (exact) mass is 430 g/mol. The number of amides is 2. The molecule has 6 rings (SSSR count). The van der Waals surface area contributed by atoms with Gasteiger partial charge in [0.1, 0.15) is 5.00 Å². The molecule has 0 radical (unpaired) electrons. The van der Waals surface area contributed by atoms with Crippen LogP contribution in [0.5, 0.6) is 0 Å².